The summed E-state index contributed by atoms with van der Waals surface area (Å²) < 4.78 is 18.1. The van der Waals surface area contributed by atoms with Crippen LogP contribution in [0.4, 0.5) is 4.39 Å². The quantitative estimate of drug-likeness (QED) is 0.565. The smallest absolute Gasteiger partial charge is 0.135 e. The molecule has 3 aromatic rings. The molecule has 2 heterocycles. The second-order valence-electron chi connectivity index (χ2n) is 3.27. The van der Waals surface area contributed by atoms with Gasteiger partial charge in [0.15, 0.2) is 0 Å². The maximum atomic E-state index is 12.7. The summed E-state index contributed by atoms with van der Waals surface area (Å²) in [4.78, 5) is 0. The summed E-state index contributed by atoms with van der Waals surface area (Å²) >= 11 is 0. The third-order valence-corrected chi connectivity index (χ3v) is 2.33. The summed E-state index contributed by atoms with van der Waals surface area (Å²) in [5.41, 5.74) is 3.73. The van der Waals surface area contributed by atoms with Gasteiger partial charge in [0.05, 0.1) is 0 Å². The standard InChI is InChI=1S/C12H7FO/c13-9-3-1-8(2-4-9)11-7-10-5-6-12(11)14-10/h1-7H. The Hall–Kier alpha value is -1.83. The fourth-order valence-electron chi connectivity index (χ4n) is 1.64. The molecule has 1 aromatic carbocycles. The van der Waals surface area contributed by atoms with Gasteiger partial charge >= 0.3 is 0 Å². The minimum absolute atomic E-state index is 0.216. The zero-order valence-corrected chi connectivity index (χ0v) is 7.33. The monoisotopic (exact) mass is 186 g/mol. The highest BCUT2D eigenvalue weighted by molar-refractivity contribution is 5.85. The number of halogens is 1. The molecule has 0 unspecified atom stereocenters. The molecule has 0 atom stereocenters. The van der Waals surface area contributed by atoms with E-state index < -0.39 is 0 Å². The summed E-state index contributed by atoms with van der Waals surface area (Å²) in [6, 6.07) is 12.2. The van der Waals surface area contributed by atoms with Gasteiger partial charge in [-0.2, -0.15) is 0 Å². The highest BCUT2D eigenvalue weighted by atomic mass is 19.1. The van der Waals surface area contributed by atoms with E-state index in [9.17, 15) is 4.39 Å². The Balaban J connectivity index is 2.18. The fourth-order valence-corrected chi connectivity index (χ4v) is 1.64. The molecule has 0 saturated heterocycles. The lowest BCUT2D eigenvalue weighted by Gasteiger charge is -1.97. The van der Waals surface area contributed by atoms with Gasteiger partial charge in [-0.05, 0) is 35.9 Å². The van der Waals surface area contributed by atoms with Crippen LogP contribution in [0.3, 0.4) is 0 Å². The molecule has 0 N–H and O–H groups in total. The lowest BCUT2D eigenvalue weighted by Crippen LogP contribution is -1.76. The highest BCUT2D eigenvalue weighted by Crippen LogP contribution is 2.31. The van der Waals surface area contributed by atoms with Crippen LogP contribution < -0.4 is 0 Å². The molecule has 1 nitrogen and oxygen atoms in total. The van der Waals surface area contributed by atoms with E-state index in [2.05, 4.69) is 0 Å². The lowest BCUT2D eigenvalue weighted by molar-refractivity contribution is 0.628. The number of rotatable bonds is 1. The second kappa shape index (κ2) is 2.58. The van der Waals surface area contributed by atoms with E-state index in [0.29, 0.717) is 0 Å². The van der Waals surface area contributed by atoms with Crippen LogP contribution >= 0.6 is 0 Å². The van der Waals surface area contributed by atoms with E-state index in [1.165, 1.54) is 12.1 Å². The largest absolute Gasteiger partial charge is 0.457 e. The summed E-state index contributed by atoms with van der Waals surface area (Å²) in [5, 5.41) is 0. The summed E-state index contributed by atoms with van der Waals surface area (Å²) in [7, 11) is 0. The van der Waals surface area contributed by atoms with Crippen LogP contribution in [0.2, 0.25) is 0 Å². The first-order chi connectivity index (χ1) is 6.83. The number of fused-ring (bicyclic) bond motifs is 2. The normalized spacial score (nSPS) is 11.2. The van der Waals surface area contributed by atoms with Gasteiger partial charge in [0.1, 0.15) is 17.0 Å². The average molecular weight is 186 g/mol. The molecule has 0 aliphatic rings. The van der Waals surface area contributed by atoms with Gasteiger partial charge in [-0.15, -0.1) is 0 Å². The minimum Gasteiger partial charge on any atom is -0.457 e. The molecule has 2 heteroatoms. The van der Waals surface area contributed by atoms with Crippen molar-refractivity contribution < 1.29 is 8.81 Å². The second-order valence-corrected chi connectivity index (χ2v) is 3.27. The average Bonchev–Trinajstić information content (AvgIpc) is 2.80. The van der Waals surface area contributed by atoms with Crippen LogP contribution in [0.1, 0.15) is 0 Å². The van der Waals surface area contributed by atoms with Gasteiger partial charge in [-0.3, -0.25) is 0 Å². The molecule has 0 fully saturated rings. The van der Waals surface area contributed by atoms with Crippen LogP contribution in [-0.4, -0.2) is 0 Å². The molecular formula is C12H7FO. The Bertz CT molecular complexity index is 550. The number of hydrogen-bond acceptors (Lipinski definition) is 1. The number of benzene rings is 2. The molecular weight excluding hydrogens is 179 g/mol. The van der Waals surface area contributed by atoms with Crippen molar-refractivity contribution in [2.24, 2.45) is 0 Å². The van der Waals surface area contributed by atoms with Crippen molar-refractivity contribution >= 4 is 11.2 Å². The SMILES string of the molecule is Fc1ccc(-c2cc3ccc2o3)cc1. The predicted octanol–water partition coefficient (Wildman–Crippen LogP) is 3.68. The first-order valence-electron chi connectivity index (χ1n) is 4.41. The maximum absolute atomic E-state index is 12.7. The molecule has 3 rings (SSSR count). The van der Waals surface area contributed by atoms with E-state index in [1.54, 1.807) is 12.1 Å². The molecule has 0 radical (unpaired) electrons. The van der Waals surface area contributed by atoms with Gasteiger partial charge in [-0.25, -0.2) is 4.39 Å². The summed E-state index contributed by atoms with van der Waals surface area (Å²) in [6.45, 7) is 0. The van der Waals surface area contributed by atoms with Gasteiger partial charge in [0, 0.05) is 5.56 Å². The minimum atomic E-state index is -0.216. The van der Waals surface area contributed by atoms with Crippen molar-refractivity contribution in [3.63, 3.8) is 0 Å². The van der Waals surface area contributed by atoms with Gasteiger partial charge in [0.2, 0.25) is 0 Å². The van der Waals surface area contributed by atoms with Crippen LogP contribution in [0.5, 0.6) is 0 Å². The van der Waals surface area contributed by atoms with Crippen LogP contribution in [0, 0.1) is 5.82 Å². The Morgan fingerprint density at radius 1 is 0.929 bits per heavy atom. The zero-order valence-electron chi connectivity index (χ0n) is 7.33. The molecule has 0 saturated carbocycles. The Morgan fingerprint density at radius 3 is 2.29 bits per heavy atom. The van der Waals surface area contributed by atoms with E-state index in [4.69, 9.17) is 4.42 Å². The molecule has 0 aliphatic heterocycles. The Kier molecular flexibility index (Phi) is 1.39. The number of furan rings is 2. The molecule has 2 aromatic heterocycles. The fraction of sp³-hybridized carbons (Fsp3) is 0. The van der Waals surface area contributed by atoms with Crippen LogP contribution in [0.15, 0.2) is 46.9 Å². The molecule has 0 spiro atoms. The Morgan fingerprint density at radius 2 is 1.71 bits per heavy atom. The van der Waals surface area contributed by atoms with Gasteiger partial charge in [0.25, 0.3) is 0 Å². The molecule has 2 bridgehead atoms. The Labute approximate surface area is 80.1 Å². The summed E-state index contributed by atoms with van der Waals surface area (Å²) in [6.07, 6.45) is 0. The van der Waals surface area contributed by atoms with Crippen LogP contribution in [-0.2, 0) is 0 Å². The third-order valence-electron chi connectivity index (χ3n) is 2.33. The van der Waals surface area contributed by atoms with Crippen molar-refractivity contribution in [3.05, 3.63) is 48.3 Å². The predicted molar refractivity (Wildman–Crippen MR) is 52.8 cm³/mol. The van der Waals surface area contributed by atoms with E-state index in [1.807, 2.05) is 18.2 Å². The molecule has 0 amide bonds. The highest BCUT2D eigenvalue weighted by Gasteiger charge is 2.08. The van der Waals surface area contributed by atoms with Gasteiger partial charge in [-0.1, -0.05) is 12.1 Å². The van der Waals surface area contributed by atoms with E-state index >= 15 is 0 Å². The van der Waals surface area contributed by atoms with Crippen molar-refractivity contribution in [1.82, 2.24) is 0 Å². The first-order valence-corrected chi connectivity index (χ1v) is 4.41. The lowest BCUT2D eigenvalue weighted by atomic mass is 10.1. The molecule has 0 aliphatic carbocycles. The zero-order chi connectivity index (χ0) is 9.54. The topological polar surface area (TPSA) is 13.1 Å². The number of hydrogen-bond donors (Lipinski definition) is 0. The molecule has 68 valence electrons. The van der Waals surface area contributed by atoms with Gasteiger partial charge < -0.3 is 4.42 Å². The van der Waals surface area contributed by atoms with Crippen molar-refractivity contribution in [2.45, 2.75) is 0 Å². The van der Waals surface area contributed by atoms with Crippen molar-refractivity contribution in [2.75, 3.05) is 0 Å². The van der Waals surface area contributed by atoms with Crippen molar-refractivity contribution in [3.8, 4) is 11.1 Å². The van der Waals surface area contributed by atoms with Crippen molar-refractivity contribution in [1.29, 1.82) is 0 Å². The first kappa shape index (κ1) is 7.56. The van der Waals surface area contributed by atoms with E-state index in [-0.39, 0.29) is 5.82 Å². The van der Waals surface area contributed by atoms with E-state index in [0.717, 1.165) is 22.3 Å². The third kappa shape index (κ3) is 1.01. The summed E-state index contributed by atoms with van der Waals surface area (Å²) in [5.74, 6) is -0.216. The van der Waals surface area contributed by atoms with Crippen LogP contribution in [0.25, 0.3) is 22.3 Å². The maximum Gasteiger partial charge on any atom is 0.135 e. The molecule has 14 heavy (non-hydrogen) atoms.